The highest BCUT2D eigenvalue weighted by atomic mass is 79.9. The van der Waals surface area contributed by atoms with Crippen molar-refractivity contribution in [2.75, 3.05) is 26.9 Å². The van der Waals surface area contributed by atoms with E-state index in [0.29, 0.717) is 13.2 Å². The van der Waals surface area contributed by atoms with Gasteiger partial charge < -0.3 is 14.8 Å². The first-order valence-electron chi connectivity index (χ1n) is 7.15. The number of nitrogens with one attached hydrogen (secondary N) is 1. The Morgan fingerprint density at radius 2 is 2.20 bits per heavy atom. The molecule has 0 radical (unpaired) electrons. The second kappa shape index (κ2) is 9.50. The van der Waals surface area contributed by atoms with E-state index in [4.69, 9.17) is 9.47 Å². The standard InChI is InChI=1S/C14H26BrN3O2/c1-5-6-16-13(10-20-11(2)3)14-12(15)9-17-18(14)7-8-19-4/h9,11,13,16H,5-8,10H2,1-4H3. The molecule has 0 bridgehead atoms. The SMILES string of the molecule is CCCNC(COC(C)C)c1c(Br)cnn1CCOC. The first-order chi connectivity index (χ1) is 9.60. The molecule has 1 N–H and O–H groups in total. The summed E-state index contributed by atoms with van der Waals surface area (Å²) < 4.78 is 13.9. The van der Waals surface area contributed by atoms with Gasteiger partial charge in [0.05, 0.1) is 48.3 Å². The Bertz CT molecular complexity index is 382. The van der Waals surface area contributed by atoms with E-state index in [9.17, 15) is 0 Å². The van der Waals surface area contributed by atoms with E-state index in [-0.39, 0.29) is 12.1 Å². The molecule has 0 aromatic carbocycles. The van der Waals surface area contributed by atoms with E-state index in [2.05, 4.69) is 33.3 Å². The number of hydrogen-bond acceptors (Lipinski definition) is 4. The van der Waals surface area contributed by atoms with Crippen LogP contribution in [0.3, 0.4) is 0 Å². The number of rotatable bonds is 10. The summed E-state index contributed by atoms with van der Waals surface area (Å²) in [7, 11) is 1.70. The number of aromatic nitrogens is 2. The Hall–Kier alpha value is -0.430. The molecule has 1 aromatic heterocycles. The second-order valence-electron chi connectivity index (χ2n) is 4.98. The molecule has 0 aliphatic rings. The molecule has 1 unspecified atom stereocenters. The van der Waals surface area contributed by atoms with Crippen molar-refractivity contribution >= 4 is 15.9 Å². The zero-order valence-electron chi connectivity index (χ0n) is 12.9. The molecule has 20 heavy (non-hydrogen) atoms. The van der Waals surface area contributed by atoms with Crippen LogP contribution in [0.15, 0.2) is 10.7 Å². The molecule has 0 aliphatic heterocycles. The molecule has 1 aromatic rings. The number of nitrogens with zero attached hydrogens (tertiary/aromatic N) is 2. The van der Waals surface area contributed by atoms with Crippen LogP contribution in [0.2, 0.25) is 0 Å². The third-order valence-corrected chi connectivity index (χ3v) is 3.52. The summed E-state index contributed by atoms with van der Waals surface area (Å²) in [5.41, 5.74) is 1.12. The molecule has 0 saturated carbocycles. The first-order valence-corrected chi connectivity index (χ1v) is 7.94. The predicted octanol–water partition coefficient (Wildman–Crippen LogP) is 2.76. The van der Waals surface area contributed by atoms with Gasteiger partial charge in [-0.05, 0) is 42.7 Å². The minimum absolute atomic E-state index is 0.131. The summed E-state index contributed by atoms with van der Waals surface area (Å²) >= 11 is 3.59. The number of ether oxygens (including phenoxy) is 2. The van der Waals surface area contributed by atoms with Crippen molar-refractivity contribution in [2.24, 2.45) is 0 Å². The van der Waals surface area contributed by atoms with Gasteiger partial charge in [0.1, 0.15) is 0 Å². The quantitative estimate of drug-likeness (QED) is 0.706. The van der Waals surface area contributed by atoms with Crippen LogP contribution in [0, 0.1) is 0 Å². The molecule has 0 saturated heterocycles. The number of methoxy groups -OCH3 is 1. The highest BCUT2D eigenvalue weighted by Gasteiger charge is 2.20. The van der Waals surface area contributed by atoms with Gasteiger partial charge in [0, 0.05) is 7.11 Å². The molecule has 0 aliphatic carbocycles. The van der Waals surface area contributed by atoms with Crippen molar-refractivity contribution < 1.29 is 9.47 Å². The Morgan fingerprint density at radius 1 is 1.45 bits per heavy atom. The summed E-state index contributed by atoms with van der Waals surface area (Å²) in [4.78, 5) is 0. The highest BCUT2D eigenvalue weighted by Crippen LogP contribution is 2.24. The molecule has 1 rings (SSSR count). The highest BCUT2D eigenvalue weighted by molar-refractivity contribution is 9.10. The van der Waals surface area contributed by atoms with Crippen LogP contribution in [0.25, 0.3) is 0 Å². The maximum atomic E-state index is 5.78. The Balaban J connectivity index is 2.83. The van der Waals surface area contributed by atoms with Crippen LogP contribution in [-0.4, -0.2) is 42.8 Å². The monoisotopic (exact) mass is 347 g/mol. The van der Waals surface area contributed by atoms with Gasteiger partial charge in [-0.3, -0.25) is 4.68 Å². The van der Waals surface area contributed by atoms with E-state index >= 15 is 0 Å². The molecule has 116 valence electrons. The van der Waals surface area contributed by atoms with Gasteiger partial charge in [-0.1, -0.05) is 6.92 Å². The predicted molar refractivity (Wildman–Crippen MR) is 83.9 cm³/mol. The minimum atomic E-state index is 0.131. The Kier molecular flexibility index (Phi) is 8.37. The summed E-state index contributed by atoms with van der Waals surface area (Å²) in [6.07, 6.45) is 3.14. The van der Waals surface area contributed by atoms with E-state index in [0.717, 1.165) is 29.7 Å². The lowest BCUT2D eigenvalue weighted by Gasteiger charge is -2.22. The first kappa shape index (κ1) is 17.6. The Labute approximate surface area is 130 Å². The fourth-order valence-corrected chi connectivity index (χ4v) is 2.49. The average Bonchev–Trinajstić information content (AvgIpc) is 2.78. The van der Waals surface area contributed by atoms with E-state index < -0.39 is 0 Å². The third kappa shape index (κ3) is 5.52. The molecular weight excluding hydrogens is 322 g/mol. The normalized spacial score (nSPS) is 13.1. The summed E-state index contributed by atoms with van der Waals surface area (Å²) in [6.45, 7) is 9.23. The van der Waals surface area contributed by atoms with Crippen LogP contribution >= 0.6 is 15.9 Å². The third-order valence-electron chi connectivity index (χ3n) is 2.91. The average molecular weight is 348 g/mol. The fourth-order valence-electron chi connectivity index (χ4n) is 1.92. The molecule has 5 nitrogen and oxygen atoms in total. The molecule has 1 heterocycles. The maximum Gasteiger partial charge on any atom is 0.0741 e. The largest absolute Gasteiger partial charge is 0.383 e. The fraction of sp³-hybridized carbons (Fsp3) is 0.786. The van der Waals surface area contributed by atoms with Gasteiger partial charge in [-0.25, -0.2) is 0 Å². The lowest BCUT2D eigenvalue weighted by atomic mass is 10.2. The Morgan fingerprint density at radius 3 is 2.80 bits per heavy atom. The minimum Gasteiger partial charge on any atom is -0.383 e. The van der Waals surface area contributed by atoms with Crippen LogP contribution in [-0.2, 0) is 16.0 Å². The molecule has 0 fully saturated rings. The van der Waals surface area contributed by atoms with Gasteiger partial charge in [-0.15, -0.1) is 0 Å². The lowest BCUT2D eigenvalue weighted by molar-refractivity contribution is 0.0588. The van der Waals surface area contributed by atoms with Crippen molar-refractivity contribution in [1.82, 2.24) is 15.1 Å². The van der Waals surface area contributed by atoms with Crippen molar-refractivity contribution in [3.63, 3.8) is 0 Å². The zero-order valence-corrected chi connectivity index (χ0v) is 14.4. The van der Waals surface area contributed by atoms with Crippen molar-refractivity contribution in [2.45, 2.75) is 45.9 Å². The smallest absolute Gasteiger partial charge is 0.0741 e. The summed E-state index contributed by atoms with van der Waals surface area (Å²) in [5, 5.41) is 7.93. The maximum absolute atomic E-state index is 5.78. The van der Waals surface area contributed by atoms with Crippen molar-refractivity contribution in [1.29, 1.82) is 0 Å². The molecule has 6 heteroatoms. The van der Waals surface area contributed by atoms with Crippen LogP contribution in [0.5, 0.6) is 0 Å². The van der Waals surface area contributed by atoms with Crippen LogP contribution in [0.1, 0.15) is 38.9 Å². The zero-order chi connectivity index (χ0) is 15.0. The molecular formula is C14H26BrN3O2. The van der Waals surface area contributed by atoms with Crippen molar-refractivity contribution in [3.8, 4) is 0 Å². The van der Waals surface area contributed by atoms with Gasteiger partial charge in [0.2, 0.25) is 0 Å². The summed E-state index contributed by atoms with van der Waals surface area (Å²) in [6, 6.07) is 0.131. The van der Waals surface area contributed by atoms with Gasteiger partial charge in [0.25, 0.3) is 0 Å². The van der Waals surface area contributed by atoms with E-state index in [1.807, 2.05) is 24.7 Å². The van der Waals surface area contributed by atoms with Gasteiger partial charge in [-0.2, -0.15) is 5.10 Å². The van der Waals surface area contributed by atoms with E-state index in [1.165, 1.54) is 0 Å². The molecule has 0 spiro atoms. The molecule has 0 amide bonds. The second-order valence-corrected chi connectivity index (χ2v) is 5.84. The molecule has 1 atom stereocenters. The van der Waals surface area contributed by atoms with Crippen LogP contribution in [0.4, 0.5) is 0 Å². The number of halogens is 1. The van der Waals surface area contributed by atoms with Crippen molar-refractivity contribution in [3.05, 3.63) is 16.4 Å². The van der Waals surface area contributed by atoms with Crippen LogP contribution < -0.4 is 5.32 Å². The summed E-state index contributed by atoms with van der Waals surface area (Å²) in [5.74, 6) is 0. The lowest BCUT2D eigenvalue weighted by Crippen LogP contribution is -2.30. The van der Waals surface area contributed by atoms with Gasteiger partial charge in [0.15, 0.2) is 0 Å². The number of hydrogen-bond donors (Lipinski definition) is 1. The van der Waals surface area contributed by atoms with E-state index in [1.54, 1.807) is 7.11 Å². The van der Waals surface area contributed by atoms with Gasteiger partial charge >= 0.3 is 0 Å². The topological polar surface area (TPSA) is 48.3 Å².